The van der Waals surface area contributed by atoms with Crippen molar-refractivity contribution in [2.45, 2.75) is 44.8 Å². The Morgan fingerprint density at radius 2 is 2.27 bits per heavy atom. The number of hydrogen-bond donors (Lipinski definition) is 1. The summed E-state index contributed by atoms with van der Waals surface area (Å²) >= 11 is 1.65. The summed E-state index contributed by atoms with van der Waals surface area (Å²) in [7, 11) is 0. The average molecular weight is 226 g/mol. The third-order valence-corrected chi connectivity index (χ3v) is 3.82. The van der Waals surface area contributed by atoms with E-state index >= 15 is 0 Å². The number of nitrogens with two attached hydrogens (primary N) is 1. The van der Waals surface area contributed by atoms with E-state index < -0.39 is 0 Å². The van der Waals surface area contributed by atoms with Crippen LogP contribution in [0.4, 0.5) is 0 Å². The smallest absolute Gasteiger partial charge is 0.119 e. The summed E-state index contributed by atoms with van der Waals surface area (Å²) in [5.74, 6) is 0. The van der Waals surface area contributed by atoms with Gasteiger partial charge in [0.15, 0.2) is 0 Å². The molecule has 0 bridgehead atoms. The van der Waals surface area contributed by atoms with Gasteiger partial charge in [0.2, 0.25) is 0 Å². The Kier molecular flexibility index (Phi) is 3.38. The maximum absolute atomic E-state index is 6.19. The van der Waals surface area contributed by atoms with Crippen molar-refractivity contribution in [2.75, 3.05) is 6.61 Å². The molecule has 1 heterocycles. The Labute approximate surface area is 94.7 Å². The SMILES string of the molecule is Cc1csc(COCC2(N)CCCC2)n1. The quantitative estimate of drug-likeness (QED) is 0.856. The summed E-state index contributed by atoms with van der Waals surface area (Å²) in [5, 5.41) is 3.10. The molecule has 1 aromatic rings. The van der Waals surface area contributed by atoms with Gasteiger partial charge in [-0.05, 0) is 19.8 Å². The van der Waals surface area contributed by atoms with Crippen LogP contribution in [0.25, 0.3) is 0 Å². The van der Waals surface area contributed by atoms with Crippen molar-refractivity contribution in [1.82, 2.24) is 4.98 Å². The van der Waals surface area contributed by atoms with E-state index in [0.29, 0.717) is 13.2 Å². The van der Waals surface area contributed by atoms with Crippen molar-refractivity contribution < 1.29 is 4.74 Å². The Balaban J connectivity index is 1.75. The van der Waals surface area contributed by atoms with E-state index in [1.165, 1.54) is 12.8 Å². The van der Waals surface area contributed by atoms with Gasteiger partial charge in [-0.2, -0.15) is 0 Å². The first-order valence-corrected chi connectivity index (χ1v) is 6.34. The molecule has 2 rings (SSSR count). The fourth-order valence-electron chi connectivity index (χ4n) is 2.03. The van der Waals surface area contributed by atoms with Crippen molar-refractivity contribution in [3.63, 3.8) is 0 Å². The minimum absolute atomic E-state index is 0.0632. The predicted molar refractivity (Wildman–Crippen MR) is 61.9 cm³/mol. The first kappa shape index (κ1) is 11.0. The second kappa shape index (κ2) is 4.60. The molecule has 0 unspecified atom stereocenters. The average Bonchev–Trinajstić information content (AvgIpc) is 2.76. The molecule has 15 heavy (non-hydrogen) atoms. The van der Waals surface area contributed by atoms with Crippen LogP contribution in [-0.4, -0.2) is 17.1 Å². The Morgan fingerprint density at radius 1 is 1.53 bits per heavy atom. The van der Waals surface area contributed by atoms with Gasteiger partial charge in [0, 0.05) is 16.6 Å². The first-order valence-electron chi connectivity index (χ1n) is 5.46. The van der Waals surface area contributed by atoms with Crippen LogP contribution in [-0.2, 0) is 11.3 Å². The predicted octanol–water partition coefficient (Wildman–Crippen LogP) is 2.24. The minimum Gasteiger partial charge on any atom is -0.372 e. The van der Waals surface area contributed by atoms with Crippen molar-refractivity contribution in [3.05, 3.63) is 16.1 Å². The zero-order valence-electron chi connectivity index (χ0n) is 9.16. The van der Waals surface area contributed by atoms with Crippen LogP contribution < -0.4 is 5.73 Å². The van der Waals surface area contributed by atoms with Gasteiger partial charge in [0.25, 0.3) is 0 Å². The van der Waals surface area contributed by atoms with Gasteiger partial charge in [-0.25, -0.2) is 4.98 Å². The highest BCUT2D eigenvalue weighted by atomic mass is 32.1. The maximum atomic E-state index is 6.19. The van der Waals surface area contributed by atoms with Crippen LogP contribution in [0.5, 0.6) is 0 Å². The molecule has 2 N–H and O–H groups in total. The molecule has 4 heteroatoms. The van der Waals surface area contributed by atoms with E-state index in [4.69, 9.17) is 10.5 Å². The van der Waals surface area contributed by atoms with Crippen LogP contribution in [0.2, 0.25) is 0 Å². The molecule has 0 aromatic carbocycles. The van der Waals surface area contributed by atoms with Crippen LogP contribution in [0.1, 0.15) is 36.4 Å². The molecular formula is C11H18N2OS. The van der Waals surface area contributed by atoms with E-state index in [2.05, 4.69) is 4.98 Å². The van der Waals surface area contributed by atoms with Gasteiger partial charge in [-0.15, -0.1) is 11.3 Å². The number of ether oxygens (including phenoxy) is 1. The molecule has 0 atom stereocenters. The summed E-state index contributed by atoms with van der Waals surface area (Å²) in [4.78, 5) is 4.35. The third-order valence-electron chi connectivity index (χ3n) is 2.88. The molecule has 1 fully saturated rings. The number of aromatic nitrogens is 1. The van der Waals surface area contributed by atoms with E-state index in [9.17, 15) is 0 Å². The van der Waals surface area contributed by atoms with Gasteiger partial charge in [-0.3, -0.25) is 0 Å². The number of thiazole rings is 1. The Bertz CT molecular complexity index is 318. The summed E-state index contributed by atoms with van der Waals surface area (Å²) in [6, 6.07) is 0. The van der Waals surface area contributed by atoms with Crippen LogP contribution in [0, 0.1) is 6.92 Å². The lowest BCUT2D eigenvalue weighted by atomic mass is 10.0. The lowest BCUT2D eigenvalue weighted by Crippen LogP contribution is -2.41. The standard InChI is InChI=1S/C11H18N2OS/c1-9-7-15-10(13-9)6-14-8-11(12)4-2-3-5-11/h7H,2-6,8,12H2,1H3. The fraction of sp³-hybridized carbons (Fsp3) is 0.727. The van der Waals surface area contributed by atoms with Gasteiger partial charge in [0.05, 0.1) is 13.2 Å². The Morgan fingerprint density at radius 3 is 2.87 bits per heavy atom. The molecule has 0 radical (unpaired) electrons. The van der Waals surface area contributed by atoms with Crippen LogP contribution in [0.15, 0.2) is 5.38 Å². The highest BCUT2D eigenvalue weighted by Crippen LogP contribution is 2.27. The normalized spacial score (nSPS) is 19.6. The van der Waals surface area contributed by atoms with Crippen molar-refractivity contribution in [1.29, 1.82) is 0 Å². The molecule has 1 aliphatic rings. The first-order chi connectivity index (χ1) is 7.18. The second-order valence-electron chi connectivity index (χ2n) is 4.44. The topological polar surface area (TPSA) is 48.1 Å². The number of aryl methyl sites for hydroxylation is 1. The van der Waals surface area contributed by atoms with E-state index in [1.807, 2.05) is 12.3 Å². The zero-order chi connectivity index (χ0) is 10.7. The highest BCUT2D eigenvalue weighted by Gasteiger charge is 2.29. The van der Waals surface area contributed by atoms with Crippen LogP contribution >= 0.6 is 11.3 Å². The van der Waals surface area contributed by atoms with E-state index in [0.717, 1.165) is 23.5 Å². The second-order valence-corrected chi connectivity index (χ2v) is 5.39. The summed E-state index contributed by atoms with van der Waals surface area (Å²) < 4.78 is 5.64. The fourth-order valence-corrected chi connectivity index (χ4v) is 2.74. The molecule has 0 saturated heterocycles. The minimum atomic E-state index is -0.0632. The summed E-state index contributed by atoms with van der Waals surface area (Å²) in [5.41, 5.74) is 7.19. The van der Waals surface area contributed by atoms with Crippen molar-refractivity contribution in [3.8, 4) is 0 Å². The van der Waals surface area contributed by atoms with Gasteiger partial charge in [-0.1, -0.05) is 12.8 Å². The lowest BCUT2D eigenvalue weighted by Gasteiger charge is -2.22. The van der Waals surface area contributed by atoms with Crippen molar-refractivity contribution in [2.24, 2.45) is 5.73 Å². The largest absolute Gasteiger partial charge is 0.372 e. The molecular weight excluding hydrogens is 208 g/mol. The highest BCUT2D eigenvalue weighted by molar-refractivity contribution is 7.09. The zero-order valence-corrected chi connectivity index (χ0v) is 9.98. The molecule has 3 nitrogen and oxygen atoms in total. The molecule has 1 aliphatic carbocycles. The van der Waals surface area contributed by atoms with Crippen molar-refractivity contribution >= 4 is 11.3 Å². The summed E-state index contributed by atoms with van der Waals surface area (Å²) in [6.07, 6.45) is 4.69. The molecule has 1 aromatic heterocycles. The lowest BCUT2D eigenvalue weighted by molar-refractivity contribution is 0.0749. The molecule has 0 spiro atoms. The number of rotatable bonds is 4. The Hall–Kier alpha value is -0.450. The van der Waals surface area contributed by atoms with Gasteiger partial charge in [0.1, 0.15) is 5.01 Å². The molecule has 0 amide bonds. The monoisotopic (exact) mass is 226 g/mol. The van der Waals surface area contributed by atoms with Crippen LogP contribution in [0.3, 0.4) is 0 Å². The van der Waals surface area contributed by atoms with E-state index in [-0.39, 0.29) is 5.54 Å². The van der Waals surface area contributed by atoms with E-state index in [1.54, 1.807) is 11.3 Å². The molecule has 84 valence electrons. The number of nitrogens with zero attached hydrogens (tertiary/aromatic N) is 1. The summed E-state index contributed by atoms with van der Waals surface area (Å²) in [6.45, 7) is 3.28. The molecule has 0 aliphatic heterocycles. The number of hydrogen-bond acceptors (Lipinski definition) is 4. The third kappa shape index (κ3) is 3.00. The van der Waals surface area contributed by atoms with Gasteiger partial charge < -0.3 is 10.5 Å². The maximum Gasteiger partial charge on any atom is 0.119 e. The van der Waals surface area contributed by atoms with Gasteiger partial charge >= 0.3 is 0 Å². The molecule has 1 saturated carbocycles.